The summed E-state index contributed by atoms with van der Waals surface area (Å²) in [6.07, 6.45) is 0. The molecule has 0 saturated carbocycles. The number of nitrogens with two attached hydrogens (primary N) is 1. The summed E-state index contributed by atoms with van der Waals surface area (Å²) in [4.78, 5) is 9.74. The molecule has 0 unspecified atom stereocenters. The van der Waals surface area contributed by atoms with E-state index >= 15 is 0 Å². The lowest BCUT2D eigenvalue weighted by atomic mass is 10.2. The summed E-state index contributed by atoms with van der Waals surface area (Å²) in [6, 6.07) is 4.03. The molecule has 0 aromatic heterocycles. The topological polar surface area (TPSA) is 89.4 Å². The van der Waals surface area contributed by atoms with Gasteiger partial charge in [0.05, 0.1) is 11.5 Å². The lowest BCUT2D eigenvalue weighted by molar-refractivity contribution is -0.384. The fourth-order valence-electron chi connectivity index (χ4n) is 0.896. The second-order valence-corrected chi connectivity index (χ2v) is 2.35. The second kappa shape index (κ2) is 4.64. The van der Waals surface area contributed by atoms with Crippen molar-refractivity contribution in [2.24, 2.45) is 0 Å². The highest BCUT2D eigenvalue weighted by molar-refractivity contribution is 5.85. The number of hydrogen-bond donors (Lipinski definition) is 2. The molecule has 0 aliphatic heterocycles. The van der Waals surface area contributed by atoms with Gasteiger partial charge in [-0.05, 0) is 11.6 Å². The first-order chi connectivity index (χ1) is 5.63. The van der Waals surface area contributed by atoms with Crippen LogP contribution in [-0.2, 0) is 6.61 Å². The minimum atomic E-state index is -0.546. The van der Waals surface area contributed by atoms with E-state index in [1.807, 2.05) is 0 Å². The van der Waals surface area contributed by atoms with Crippen molar-refractivity contribution in [3.05, 3.63) is 33.9 Å². The highest BCUT2D eigenvalue weighted by Gasteiger charge is 2.07. The van der Waals surface area contributed by atoms with Gasteiger partial charge in [0.1, 0.15) is 0 Å². The van der Waals surface area contributed by atoms with Crippen LogP contribution in [0.4, 0.5) is 11.4 Å². The summed E-state index contributed by atoms with van der Waals surface area (Å²) in [7, 11) is 0. The lowest BCUT2D eigenvalue weighted by Crippen LogP contribution is -1.94. The van der Waals surface area contributed by atoms with Crippen LogP contribution in [0.15, 0.2) is 18.2 Å². The molecule has 0 radical (unpaired) electrons. The SMILES string of the molecule is Cl.Nc1cc(CO)cc([N+](=O)[O-])c1. The van der Waals surface area contributed by atoms with Crippen molar-refractivity contribution in [2.75, 3.05) is 5.73 Å². The maximum atomic E-state index is 10.3. The average Bonchev–Trinajstić information content (AvgIpc) is 2.03. The Morgan fingerprint density at radius 3 is 2.54 bits per heavy atom. The van der Waals surface area contributed by atoms with Gasteiger partial charge in [0.2, 0.25) is 0 Å². The standard InChI is InChI=1S/C7H8N2O3.ClH/c8-6-1-5(4-10)2-7(3-6)9(11)12;/h1-3,10H,4,8H2;1H. The second-order valence-electron chi connectivity index (χ2n) is 2.35. The number of aliphatic hydroxyl groups excluding tert-OH is 1. The summed E-state index contributed by atoms with van der Waals surface area (Å²) >= 11 is 0. The van der Waals surface area contributed by atoms with Crippen molar-refractivity contribution in [1.82, 2.24) is 0 Å². The highest BCUT2D eigenvalue weighted by Crippen LogP contribution is 2.18. The third-order valence-corrected chi connectivity index (χ3v) is 1.39. The smallest absolute Gasteiger partial charge is 0.271 e. The fraction of sp³-hybridized carbons (Fsp3) is 0.143. The number of nitrogen functional groups attached to an aromatic ring is 1. The number of hydrogen-bond acceptors (Lipinski definition) is 4. The molecule has 0 atom stereocenters. The zero-order valence-corrected chi connectivity index (χ0v) is 7.45. The first-order valence-electron chi connectivity index (χ1n) is 3.28. The molecule has 13 heavy (non-hydrogen) atoms. The quantitative estimate of drug-likeness (QED) is 0.429. The van der Waals surface area contributed by atoms with Crippen LogP contribution in [0.5, 0.6) is 0 Å². The van der Waals surface area contributed by atoms with E-state index in [1.165, 1.54) is 18.2 Å². The maximum absolute atomic E-state index is 10.3. The molecule has 0 fully saturated rings. The molecule has 0 aliphatic rings. The normalized spacial score (nSPS) is 9.00. The molecule has 0 aliphatic carbocycles. The predicted octanol–water partition coefficient (Wildman–Crippen LogP) is 1.09. The van der Waals surface area contributed by atoms with Gasteiger partial charge >= 0.3 is 0 Å². The Labute approximate surface area is 80.7 Å². The summed E-state index contributed by atoms with van der Waals surface area (Å²) in [6.45, 7) is -0.244. The Hall–Kier alpha value is -1.33. The van der Waals surface area contributed by atoms with Gasteiger partial charge in [-0.15, -0.1) is 12.4 Å². The molecule has 1 aromatic carbocycles. The molecule has 0 amide bonds. The minimum absolute atomic E-state index is 0. The zero-order chi connectivity index (χ0) is 9.14. The van der Waals surface area contributed by atoms with Crippen molar-refractivity contribution in [3.8, 4) is 0 Å². The van der Waals surface area contributed by atoms with Crippen LogP contribution in [0.3, 0.4) is 0 Å². The van der Waals surface area contributed by atoms with Gasteiger partial charge in [0, 0.05) is 17.8 Å². The first-order valence-corrected chi connectivity index (χ1v) is 3.28. The fourth-order valence-corrected chi connectivity index (χ4v) is 0.896. The molecule has 0 saturated heterocycles. The molecule has 0 bridgehead atoms. The summed E-state index contributed by atoms with van der Waals surface area (Å²) < 4.78 is 0. The Morgan fingerprint density at radius 1 is 1.46 bits per heavy atom. The first kappa shape index (κ1) is 11.7. The van der Waals surface area contributed by atoms with Crippen LogP contribution in [0.25, 0.3) is 0 Å². The number of nitrogens with zero attached hydrogens (tertiary/aromatic N) is 1. The summed E-state index contributed by atoms with van der Waals surface area (Å²) in [5, 5.41) is 19.0. The highest BCUT2D eigenvalue weighted by atomic mass is 35.5. The van der Waals surface area contributed by atoms with Crippen molar-refractivity contribution in [2.45, 2.75) is 6.61 Å². The molecule has 72 valence electrons. The van der Waals surface area contributed by atoms with E-state index in [2.05, 4.69) is 0 Å². The molecular weight excluding hydrogens is 196 g/mol. The average molecular weight is 205 g/mol. The summed E-state index contributed by atoms with van der Waals surface area (Å²) in [5.41, 5.74) is 5.99. The van der Waals surface area contributed by atoms with Crippen LogP contribution in [-0.4, -0.2) is 10.0 Å². The Kier molecular flexibility index (Phi) is 4.16. The predicted molar refractivity (Wildman–Crippen MR) is 50.7 cm³/mol. The number of nitro groups is 1. The molecule has 0 spiro atoms. The number of anilines is 1. The van der Waals surface area contributed by atoms with Gasteiger partial charge in [-0.2, -0.15) is 0 Å². The summed E-state index contributed by atoms with van der Waals surface area (Å²) in [5.74, 6) is 0. The van der Waals surface area contributed by atoms with Crippen LogP contribution in [0, 0.1) is 10.1 Å². The number of rotatable bonds is 2. The van der Waals surface area contributed by atoms with E-state index in [0.717, 1.165) is 0 Å². The van der Waals surface area contributed by atoms with E-state index in [4.69, 9.17) is 10.8 Å². The molecule has 5 nitrogen and oxygen atoms in total. The third kappa shape index (κ3) is 2.89. The van der Waals surface area contributed by atoms with Crippen LogP contribution < -0.4 is 5.73 Å². The number of aliphatic hydroxyl groups is 1. The molecule has 3 N–H and O–H groups in total. The van der Waals surface area contributed by atoms with E-state index in [9.17, 15) is 10.1 Å². The molecular formula is C7H9ClN2O3. The molecule has 6 heteroatoms. The van der Waals surface area contributed by atoms with Crippen LogP contribution >= 0.6 is 12.4 Å². The number of halogens is 1. The monoisotopic (exact) mass is 204 g/mol. The van der Waals surface area contributed by atoms with E-state index < -0.39 is 4.92 Å². The van der Waals surface area contributed by atoms with Gasteiger partial charge < -0.3 is 10.8 Å². The van der Waals surface area contributed by atoms with E-state index in [0.29, 0.717) is 5.56 Å². The number of non-ortho nitro benzene ring substituents is 1. The van der Waals surface area contributed by atoms with Gasteiger partial charge in [0.25, 0.3) is 5.69 Å². The Morgan fingerprint density at radius 2 is 2.08 bits per heavy atom. The van der Waals surface area contributed by atoms with Crippen molar-refractivity contribution in [3.63, 3.8) is 0 Å². The molecule has 0 heterocycles. The maximum Gasteiger partial charge on any atom is 0.271 e. The van der Waals surface area contributed by atoms with Crippen molar-refractivity contribution >= 4 is 23.8 Å². The van der Waals surface area contributed by atoms with Gasteiger partial charge in [0.15, 0.2) is 0 Å². The minimum Gasteiger partial charge on any atom is -0.399 e. The van der Waals surface area contributed by atoms with Gasteiger partial charge in [-0.3, -0.25) is 10.1 Å². The Balaban J connectivity index is 0.00000144. The molecule has 1 rings (SSSR count). The van der Waals surface area contributed by atoms with Crippen molar-refractivity contribution < 1.29 is 10.0 Å². The van der Waals surface area contributed by atoms with Crippen LogP contribution in [0.1, 0.15) is 5.56 Å². The van der Waals surface area contributed by atoms with Gasteiger partial charge in [-0.1, -0.05) is 0 Å². The number of nitro benzene ring substituents is 1. The Bertz CT molecular complexity index is 317. The molecule has 1 aromatic rings. The van der Waals surface area contributed by atoms with Crippen LogP contribution in [0.2, 0.25) is 0 Å². The third-order valence-electron chi connectivity index (χ3n) is 1.39. The lowest BCUT2D eigenvalue weighted by Gasteiger charge is -1.98. The van der Waals surface area contributed by atoms with E-state index in [1.54, 1.807) is 0 Å². The number of benzene rings is 1. The largest absolute Gasteiger partial charge is 0.399 e. The van der Waals surface area contributed by atoms with Crippen molar-refractivity contribution in [1.29, 1.82) is 0 Å². The zero-order valence-electron chi connectivity index (χ0n) is 6.64. The van der Waals surface area contributed by atoms with E-state index in [-0.39, 0.29) is 30.4 Å². The van der Waals surface area contributed by atoms with Gasteiger partial charge in [-0.25, -0.2) is 0 Å².